The van der Waals surface area contributed by atoms with E-state index in [-0.39, 0.29) is 0 Å². The summed E-state index contributed by atoms with van der Waals surface area (Å²) >= 11 is 14.2. The Morgan fingerprint density at radius 1 is 1.00 bits per heavy atom. The molecule has 2 aromatic heterocycles. The van der Waals surface area contributed by atoms with Crippen LogP contribution in [0, 0.1) is 0 Å². The van der Waals surface area contributed by atoms with Crippen molar-refractivity contribution in [2.75, 3.05) is 5.32 Å². The minimum atomic E-state index is 0.814. The highest BCUT2D eigenvalue weighted by molar-refractivity contribution is 9.11. The van der Waals surface area contributed by atoms with E-state index >= 15 is 0 Å². The molecule has 2 heterocycles. The van der Waals surface area contributed by atoms with Gasteiger partial charge in [0.1, 0.15) is 0 Å². The first-order chi connectivity index (χ1) is 10.1. The molecule has 0 aliphatic carbocycles. The molecule has 0 atom stereocenters. The van der Waals surface area contributed by atoms with Gasteiger partial charge in [-0.25, -0.2) is 0 Å². The normalized spacial score (nSPS) is 10.8. The average molecular weight is 508 g/mol. The number of benzene rings is 1. The number of anilines is 1. The van der Waals surface area contributed by atoms with E-state index in [4.69, 9.17) is 0 Å². The maximum atomic E-state index is 3.59. The second-order valence-corrected chi connectivity index (χ2v) is 8.94. The second-order valence-electron chi connectivity index (χ2n) is 4.38. The molecule has 0 aliphatic heterocycles. The van der Waals surface area contributed by atoms with Crippen LogP contribution in [0.3, 0.4) is 0 Å². The summed E-state index contributed by atoms with van der Waals surface area (Å²) in [5.74, 6) is 0. The molecule has 0 bridgehead atoms. The minimum Gasteiger partial charge on any atom is -0.378 e. The minimum absolute atomic E-state index is 0.814. The maximum absolute atomic E-state index is 3.59. The van der Waals surface area contributed by atoms with Gasteiger partial charge in [0.05, 0.1) is 5.69 Å². The van der Waals surface area contributed by atoms with Crippen LogP contribution in [-0.4, -0.2) is 0 Å². The first-order valence-electron chi connectivity index (χ1n) is 6.13. The number of rotatable bonds is 4. The Morgan fingerprint density at radius 2 is 1.76 bits per heavy atom. The Kier molecular flexibility index (Phi) is 5.22. The molecule has 3 aromatic rings. The van der Waals surface area contributed by atoms with Crippen LogP contribution in [0.25, 0.3) is 10.4 Å². The predicted molar refractivity (Wildman–Crippen MR) is 105 cm³/mol. The van der Waals surface area contributed by atoms with Gasteiger partial charge in [-0.05, 0) is 66.9 Å². The van der Waals surface area contributed by atoms with E-state index in [2.05, 4.69) is 82.1 Å². The summed E-state index contributed by atoms with van der Waals surface area (Å²) in [6, 6.07) is 10.6. The van der Waals surface area contributed by atoms with E-state index in [1.807, 2.05) is 12.1 Å². The van der Waals surface area contributed by atoms with Crippen molar-refractivity contribution in [3.63, 3.8) is 0 Å². The molecule has 1 nitrogen and oxygen atoms in total. The van der Waals surface area contributed by atoms with Crippen LogP contribution in [-0.2, 0) is 6.54 Å². The van der Waals surface area contributed by atoms with E-state index in [1.165, 1.54) is 15.3 Å². The lowest BCUT2D eigenvalue weighted by Gasteiger charge is -2.10. The zero-order valence-electron chi connectivity index (χ0n) is 10.7. The monoisotopic (exact) mass is 505 g/mol. The molecule has 0 spiro atoms. The van der Waals surface area contributed by atoms with Gasteiger partial charge in [-0.15, -0.1) is 22.7 Å². The third-order valence-electron chi connectivity index (χ3n) is 2.91. The second kappa shape index (κ2) is 6.96. The van der Waals surface area contributed by atoms with Crippen molar-refractivity contribution in [2.45, 2.75) is 6.54 Å². The lowest BCUT2D eigenvalue weighted by Crippen LogP contribution is -1.99. The topological polar surface area (TPSA) is 12.0 Å². The van der Waals surface area contributed by atoms with Crippen LogP contribution in [0.15, 0.2) is 54.5 Å². The Balaban J connectivity index is 1.74. The molecule has 3 rings (SSSR count). The SMILES string of the molecule is Brc1cc(Br)c(NCc2cc(-c3cccs3)cs2)c(Br)c1. The highest BCUT2D eigenvalue weighted by Gasteiger charge is 2.08. The number of halogens is 3. The van der Waals surface area contributed by atoms with Gasteiger partial charge in [-0.2, -0.15) is 0 Å². The molecule has 21 heavy (non-hydrogen) atoms. The first kappa shape index (κ1) is 15.7. The molecule has 0 saturated carbocycles. The molecule has 0 radical (unpaired) electrons. The van der Waals surface area contributed by atoms with Crippen LogP contribution in [0.1, 0.15) is 4.88 Å². The quantitative estimate of drug-likeness (QED) is 0.388. The Hall–Kier alpha value is -0.140. The summed E-state index contributed by atoms with van der Waals surface area (Å²) in [7, 11) is 0. The lowest BCUT2D eigenvalue weighted by molar-refractivity contribution is 1.18. The summed E-state index contributed by atoms with van der Waals surface area (Å²) < 4.78 is 3.13. The van der Waals surface area contributed by atoms with E-state index in [1.54, 1.807) is 22.7 Å². The highest BCUT2D eigenvalue weighted by Crippen LogP contribution is 2.35. The fourth-order valence-electron chi connectivity index (χ4n) is 1.93. The predicted octanol–water partition coefficient (Wildman–Crippen LogP) is 7.38. The average Bonchev–Trinajstić information content (AvgIpc) is 3.08. The summed E-state index contributed by atoms with van der Waals surface area (Å²) in [4.78, 5) is 2.64. The number of hydrogen-bond acceptors (Lipinski definition) is 3. The van der Waals surface area contributed by atoms with Gasteiger partial charge < -0.3 is 5.32 Å². The van der Waals surface area contributed by atoms with E-state index in [9.17, 15) is 0 Å². The van der Waals surface area contributed by atoms with Crippen molar-refractivity contribution >= 4 is 76.2 Å². The number of thiophene rings is 2. The first-order valence-corrected chi connectivity index (χ1v) is 10.3. The fraction of sp³-hybridized carbons (Fsp3) is 0.0667. The molecule has 1 aromatic carbocycles. The number of nitrogens with one attached hydrogen (secondary N) is 1. The highest BCUT2D eigenvalue weighted by atomic mass is 79.9. The summed E-state index contributed by atoms with van der Waals surface area (Å²) in [5, 5.41) is 7.81. The fourth-order valence-corrected chi connectivity index (χ4v) is 6.08. The molecule has 0 amide bonds. The zero-order chi connectivity index (χ0) is 14.8. The molecule has 0 aliphatic rings. The van der Waals surface area contributed by atoms with E-state index in [0.29, 0.717) is 0 Å². The Bertz CT molecular complexity index is 727. The zero-order valence-corrected chi connectivity index (χ0v) is 17.1. The third kappa shape index (κ3) is 3.79. The molecule has 6 heteroatoms. The van der Waals surface area contributed by atoms with E-state index in [0.717, 1.165) is 25.7 Å². The van der Waals surface area contributed by atoms with Gasteiger partial charge in [0, 0.05) is 35.3 Å². The van der Waals surface area contributed by atoms with Crippen molar-refractivity contribution < 1.29 is 0 Å². The van der Waals surface area contributed by atoms with Gasteiger partial charge >= 0.3 is 0 Å². The smallest absolute Gasteiger partial charge is 0.0632 e. The largest absolute Gasteiger partial charge is 0.378 e. The van der Waals surface area contributed by atoms with Gasteiger partial charge in [0.2, 0.25) is 0 Å². The summed E-state index contributed by atoms with van der Waals surface area (Å²) in [6.45, 7) is 0.814. The van der Waals surface area contributed by atoms with Crippen LogP contribution in [0.2, 0.25) is 0 Å². The molecule has 0 unspecified atom stereocenters. The van der Waals surface area contributed by atoms with Gasteiger partial charge in [0.25, 0.3) is 0 Å². The molecular weight excluding hydrogens is 498 g/mol. The molecular formula is C15H10Br3NS2. The molecule has 0 saturated heterocycles. The molecule has 0 fully saturated rings. The molecule has 1 N–H and O–H groups in total. The molecule has 108 valence electrons. The van der Waals surface area contributed by atoms with Crippen molar-refractivity contribution in [1.29, 1.82) is 0 Å². The summed E-state index contributed by atoms with van der Waals surface area (Å²) in [5.41, 5.74) is 2.38. The Labute approximate surface area is 156 Å². The standard InChI is InChI=1S/C15H10Br3NS2/c16-10-5-12(17)15(13(18)6-10)19-7-11-4-9(8-21-11)14-2-1-3-20-14/h1-6,8,19H,7H2. The van der Waals surface area contributed by atoms with Gasteiger partial charge in [-0.3, -0.25) is 0 Å². The van der Waals surface area contributed by atoms with E-state index < -0.39 is 0 Å². The maximum Gasteiger partial charge on any atom is 0.0632 e. The van der Waals surface area contributed by atoms with Crippen molar-refractivity contribution in [1.82, 2.24) is 0 Å². The third-order valence-corrected chi connectivity index (χ3v) is 6.47. The lowest BCUT2D eigenvalue weighted by atomic mass is 10.2. The van der Waals surface area contributed by atoms with Crippen molar-refractivity contribution in [3.05, 3.63) is 59.4 Å². The van der Waals surface area contributed by atoms with Crippen LogP contribution in [0.4, 0.5) is 5.69 Å². The van der Waals surface area contributed by atoms with Crippen LogP contribution >= 0.6 is 70.5 Å². The van der Waals surface area contributed by atoms with Crippen LogP contribution in [0.5, 0.6) is 0 Å². The Morgan fingerprint density at radius 3 is 2.43 bits per heavy atom. The van der Waals surface area contributed by atoms with Gasteiger partial charge in [0.15, 0.2) is 0 Å². The summed E-state index contributed by atoms with van der Waals surface area (Å²) in [6.07, 6.45) is 0. The van der Waals surface area contributed by atoms with Crippen molar-refractivity contribution in [2.24, 2.45) is 0 Å². The number of hydrogen-bond donors (Lipinski definition) is 1. The van der Waals surface area contributed by atoms with Gasteiger partial charge in [-0.1, -0.05) is 22.0 Å². The van der Waals surface area contributed by atoms with Crippen LogP contribution < -0.4 is 5.32 Å². The van der Waals surface area contributed by atoms with Crippen molar-refractivity contribution in [3.8, 4) is 10.4 Å².